The van der Waals surface area contributed by atoms with E-state index in [0.717, 1.165) is 11.3 Å². The summed E-state index contributed by atoms with van der Waals surface area (Å²) >= 11 is 0. The summed E-state index contributed by atoms with van der Waals surface area (Å²) in [5.74, 6) is -0.617. The van der Waals surface area contributed by atoms with Gasteiger partial charge in [-0.25, -0.2) is 0 Å². The van der Waals surface area contributed by atoms with Gasteiger partial charge in [-0.15, -0.1) is 0 Å². The molecule has 0 radical (unpaired) electrons. The molecule has 6 nitrogen and oxygen atoms in total. The topological polar surface area (TPSA) is 74.6 Å². The molecule has 2 heterocycles. The predicted octanol–water partition coefficient (Wildman–Crippen LogP) is 1.97. The van der Waals surface area contributed by atoms with E-state index in [2.05, 4.69) is 0 Å². The molecule has 1 aromatic rings. The number of Topliss-reactive ketones (excluding diaryl/α,β-unsaturated/α-hetero) is 2. The van der Waals surface area contributed by atoms with Gasteiger partial charge in [-0.3, -0.25) is 14.4 Å². The molecule has 1 unspecified atom stereocenters. The van der Waals surface area contributed by atoms with E-state index in [9.17, 15) is 14.4 Å². The van der Waals surface area contributed by atoms with Crippen LogP contribution in [0.5, 0.6) is 0 Å². The molecule has 1 atom stereocenters. The van der Waals surface area contributed by atoms with Crippen molar-refractivity contribution in [2.75, 3.05) is 7.11 Å². The normalized spacial score (nSPS) is 20.3. The first kappa shape index (κ1) is 15.5. The van der Waals surface area contributed by atoms with E-state index in [1.54, 1.807) is 6.92 Å². The molecule has 1 aliphatic heterocycles. The van der Waals surface area contributed by atoms with E-state index in [1.165, 1.54) is 14.0 Å². The highest BCUT2D eigenvalue weighted by Gasteiger charge is 2.39. The minimum absolute atomic E-state index is 0.116. The maximum Gasteiger partial charge on any atom is 0.302 e. The van der Waals surface area contributed by atoms with Crippen LogP contribution in [0.3, 0.4) is 0 Å². The predicted molar refractivity (Wildman–Crippen MR) is 81.4 cm³/mol. The molecule has 23 heavy (non-hydrogen) atoms. The van der Waals surface area contributed by atoms with Crippen LogP contribution in [0, 0.1) is 6.92 Å². The summed E-state index contributed by atoms with van der Waals surface area (Å²) in [6.07, 6.45) is 0.936. The Balaban J connectivity index is 2.10. The first-order valence-corrected chi connectivity index (χ1v) is 7.60. The highest BCUT2D eigenvalue weighted by atomic mass is 16.5. The van der Waals surface area contributed by atoms with Crippen molar-refractivity contribution in [3.63, 3.8) is 0 Å². The molecule has 122 valence electrons. The van der Waals surface area contributed by atoms with Crippen LogP contribution in [-0.4, -0.2) is 35.3 Å². The number of fused-ring (bicyclic) bond motifs is 3. The Labute approximate surface area is 134 Å². The number of aromatic nitrogens is 1. The maximum atomic E-state index is 12.7. The van der Waals surface area contributed by atoms with Crippen LogP contribution in [-0.2, 0) is 27.2 Å². The second kappa shape index (κ2) is 5.37. The number of ether oxygens (including phenoxy) is 2. The third kappa shape index (κ3) is 2.20. The van der Waals surface area contributed by atoms with E-state index < -0.39 is 0 Å². The van der Waals surface area contributed by atoms with Gasteiger partial charge in [-0.05, 0) is 19.4 Å². The number of hydrogen-bond acceptors (Lipinski definition) is 5. The van der Waals surface area contributed by atoms with E-state index in [0.29, 0.717) is 36.2 Å². The number of nitrogens with zero attached hydrogens (tertiary/aromatic N) is 1. The number of esters is 1. The van der Waals surface area contributed by atoms with Crippen molar-refractivity contribution in [1.29, 1.82) is 0 Å². The molecule has 0 fully saturated rings. The molecule has 1 aliphatic carbocycles. The van der Waals surface area contributed by atoms with Gasteiger partial charge in [0.2, 0.25) is 11.6 Å². The van der Waals surface area contributed by atoms with Crippen LogP contribution in [0.15, 0.2) is 11.3 Å². The lowest BCUT2D eigenvalue weighted by atomic mass is 9.91. The summed E-state index contributed by atoms with van der Waals surface area (Å²) in [5, 5.41) is 0. The summed E-state index contributed by atoms with van der Waals surface area (Å²) in [5.41, 5.74) is 2.88. The fraction of sp³-hybridized carbons (Fsp3) is 0.471. The van der Waals surface area contributed by atoms with Gasteiger partial charge in [0.25, 0.3) is 0 Å². The van der Waals surface area contributed by atoms with E-state index in [4.69, 9.17) is 9.47 Å². The molecule has 0 N–H and O–H groups in total. The van der Waals surface area contributed by atoms with Crippen LogP contribution in [0.25, 0.3) is 0 Å². The lowest BCUT2D eigenvalue weighted by Crippen LogP contribution is -2.30. The summed E-state index contributed by atoms with van der Waals surface area (Å²) in [6.45, 7) is 5.39. The quantitative estimate of drug-likeness (QED) is 0.780. The van der Waals surface area contributed by atoms with Crippen molar-refractivity contribution in [2.24, 2.45) is 0 Å². The highest BCUT2D eigenvalue weighted by Crippen LogP contribution is 2.35. The van der Waals surface area contributed by atoms with Gasteiger partial charge in [-0.2, -0.15) is 0 Å². The van der Waals surface area contributed by atoms with Gasteiger partial charge in [0.05, 0.1) is 12.7 Å². The van der Waals surface area contributed by atoms with Crippen molar-refractivity contribution >= 4 is 17.5 Å². The molecule has 3 rings (SSSR count). The molecule has 0 amide bonds. The average molecular weight is 317 g/mol. The van der Waals surface area contributed by atoms with Gasteiger partial charge in [0.1, 0.15) is 11.8 Å². The second-order valence-corrected chi connectivity index (χ2v) is 5.99. The number of carbonyl (C=O) groups is 3. The van der Waals surface area contributed by atoms with Crippen molar-refractivity contribution in [3.8, 4) is 0 Å². The molecule has 0 aromatic carbocycles. The zero-order valence-corrected chi connectivity index (χ0v) is 13.7. The third-order valence-corrected chi connectivity index (χ3v) is 4.60. The van der Waals surface area contributed by atoms with Crippen molar-refractivity contribution in [1.82, 2.24) is 4.57 Å². The standard InChI is InChI=1S/C17H19NO5/c1-8-12-7-11(23-10(3)19)5-6-18(12)14-13(8)16(21)17(22-4)9(2)15(14)20/h11H,5-7H2,1-4H3. The van der Waals surface area contributed by atoms with Crippen molar-refractivity contribution < 1.29 is 23.9 Å². The Hall–Kier alpha value is -2.37. The molecule has 0 spiro atoms. The number of rotatable bonds is 2. The zero-order valence-electron chi connectivity index (χ0n) is 13.7. The Morgan fingerprint density at radius 3 is 2.52 bits per heavy atom. The number of hydrogen-bond donors (Lipinski definition) is 0. The van der Waals surface area contributed by atoms with Crippen LogP contribution >= 0.6 is 0 Å². The van der Waals surface area contributed by atoms with E-state index in [-0.39, 0.29) is 29.4 Å². The molecule has 1 aromatic heterocycles. The first-order valence-electron chi connectivity index (χ1n) is 7.60. The first-order chi connectivity index (χ1) is 10.9. The second-order valence-electron chi connectivity index (χ2n) is 5.99. The molecule has 0 bridgehead atoms. The van der Waals surface area contributed by atoms with Gasteiger partial charge >= 0.3 is 5.97 Å². The van der Waals surface area contributed by atoms with Gasteiger partial charge in [-0.1, -0.05) is 0 Å². The Kier molecular flexibility index (Phi) is 3.62. The molecule has 0 saturated heterocycles. The van der Waals surface area contributed by atoms with Gasteiger partial charge in [0, 0.05) is 37.6 Å². The summed E-state index contributed by atoms with van der Waals surface area (Å²) in [7, 11) is 1.40. The van der Waals surface area contributed by atoms with Gasteiger partial charge < -0.3 is 14.0 Å². The lowest BCUT2D eigenvalue weighted by molar-refractivity contribution is -0.147. The van der Waals surface area contributed by atoms with Crippen LogP contribution in [0.2, 0.25) is 0 Å². The summed E-state index contributed by atoms with van der Waals surface area (Å²) in [4.78, 5) is 36.5. The summed E-state index contributed by atoms with van der Waals surface area (Å²) < 4.78 is 12.3. The largest absolute Gasteiger partial charge is 0.492 e. The monoisotopic (exact) mass is 317 g/mol. The fourth-order valence-electron chi connectivity index (χ4n) is 3.55. The summed E-state index contributed by atoms with van der Waals surface area (Å²) in [6, 6.07) is 0. The number of carbonyl (C=O) groups excluding carboxylic acids is 3. The highest BCUT2D eigenvalue weighted by molar-refractivity contribution is 6.26. The number of methoxy groups -OCH3 is 1. The van der Waals surface area contributed by atoms with E-state index >= 15 is 0 Å². The Morgan fingerprint density at radius 2 is 1.91 bits per heavy atom. The Bertz CT molecular complexity index is 768. The number of allylic oxidation sites excluding steroid dienone is 2. The minimum Gasteiger partial charge on any atom is -0.492 e. The van der Waals surface area contributed by atoms with Crippen LogP contribution in [0.1, 0.15) is 52.4 Å². The molecular formula is C17H19NO5. The average Bonchev–Trinajstić information content (AvgIpc) is 2.78. The van der Waals surface area contributed by atoms with E-state index in [1.807, 2.05) is 11.5 Å². The smallest absolute Gasteiger partial charge is 0.302 e. The molecule has 0 saturated carbocycles. The maximum absolute atomic E-state index is 12.7. The molecule has 6 heteroatoms. The lowest BCUT2D eigenvalue weighted by Gasteiger charge is -2.26. The third-order valence-electron chi connectivity index (χ3n) is 4.60. The van der Waals surface area contributed by atoms with Crippen molar-refractivity contribution in [2.45, 2.75) is 46.3 Å². The molecular weight excluding hydrogens is 298 g/mol. The fourth-order valence-corrected chi connectivity index (χ4v) is 3.55. The minimum atomic E-state index is -0.316. The zero-order chi connectivity index (χ0) is 16.9. The van der Waals surface area contributed by atoms with Gasteiger partial charge in [0.15, 0.2) is 5.76 Å². The molecule has 2 aliphatic rings. The number of ketones is 2. The Morgan fingerprint density at radius 1 is 1.22 bits per heavy atom. The SMILES string of the molecule is COC1=C(C)C(=O)c2c(c(C)c3n2CCC(OC(C)=O)C3)C1=O. The van der Waals surface area contributed by atoms with Crippen LogP contribution < -0.4 is 0 Å². The van der Waals surface area contributed by atoms with Crippen LogP contribution in [0.4, 0.5) is 0 Å². The van der Waals surface area contributed by atoms with Crippen molar-refractivity contribution in [3.05, 3.63) is 33.8 Å².